The van der Waals surface area contributed by atoms with Gasteiger partial charge in [0.15, 0.2) is 5.11 Å². The van der Waals surface area contributed by atoms with Crippen molar-refractivity contribution in [3.05, 3.63) is 66.7 Å². The minimum atomic E-state index is -0.344. The second-order valence-electron chi connectivity index (χ2n) is 5.67. The van der Waals surface area contributed by atoms with Crippen LogP contribution in [0.5, 0.6) is 11.5 Å². The minimum Gasteiger partial charge on any atom is -0.490 e. The molecule has 0 saturated heterocycles. The summed E-state index contributed by atoms with van der Waals surface area (Å²) in [6, 6.07) is 14.4. The first-order chi connectivity index (χ1) is 12.5. The second-order valence-corrected chi connectivity index (χ2v) is 6.08. The summed E-state index contributed by atoms with van der Waals surface area (Å²) in [6.07, 6.45) is 1.62. The second kappa shape index (κ2) is 9.58. The molecule has 0 aliphatic carbocycles. The topological polar surface area (TPSA) is 59.6 Å². The molecule has 0 unspecified atom stereocenters. The number of hydrogen-bond donors (Lipinski definition) is 2. The van der Waals surface area contributed by atoms with Crippen LogP contribution in [0.4, 0.5) is 5.69 Å². The first kappa shape index (κ1) is 19.5. The number of ether oxygens (including phenoxy) is 2. The van der Waals surface area contributed by atoms with Crippen LogP contribution < -0.4 is 20.1 Å². The van der Waals surface area contributed by atoms with Crippen molar-refractivity contribution >= 4 is 28.9 Å². The Labute approximate surface area is 159 Å². The van der Waals surface area contributed by atoms with Gasteiger partial charge in [0.25, 0.3) is 5.91 Å². The summed E-state index contributed by atoms with van der Waals surface area (Å²) in [5.41, 5.74) is 1.08. The summed E-state index contributed by atoms with van der Waals surface area (Å²) >= 11 is 5.26. The number of carbonyl (C=O) groups excluding carboxylic acids is 1. The van der Waals surface area contributed by atoms with Gasteiger partial charge < -0.3 is 14.8 Å². The smallest absolute Gasteiger partial charge is 0.261 e. The van der Waals surface area contributed by atoms with Gasteiger partial charge in [0.2, 0.25) is 0 Å². The van der Waals surface area contributed by atoms with Gasteiger partial charge in [0.05, 0.1) is 17.4 Å². The molecule has 0 atom stereocenters. The monoisotopic (exact) mass is 370 g/mol. The van der Waals surface area contributed by atoms with E-state index < -0.39 is 0 Å². The average molecular weight is 370 g/mol. The van der Waals surface area contributed by atoms with E-state index in [0.717, 1.165) is 0 Å². The van der Waals surface area contributed by atoms with E-state index in [4.69, 9.17) is 21.7 Å². The summed E-state index contributed by atoms with van der Waals surface area (Å²) in [5.74, 6) is 0.785. The van der Waals surface area contributed by atoms with Crippen LogP contribution >= 0.6 is 12.2 Å². The molecule has 2 N–H and O–H groups in total. The number of hydrogen-bond acceptors (Lipinski definition) is 4. The molecule has 0 radical (unpaired) electrons. The van der Waals surface area contributed by atoms with Gasteiger partial charge in [-0.1, -0.05) is 36.9 Å². The van der Waals surface area contributed by atoms with Crippen molar-refractivity contribution in [1.82, 2.24) is 5.32 Å². The van der Waals surface area contributed by atoms with Crippen LogP contribution in [0.3, 0.4) is 0 Å². The number of carbonyl (C=O) groups is 1. The molecule has 0 saturated carbocycles. The van der Waals surface area contributed by atoms with E-state index in [0.29, 0.717) is 29.4 Å². The molecule has 2 aromatic rings. The van der Waals surface area contributed by atoms with E-state index in [-0.39, 0.29) is 17.1 Å². The first-order valence-electron chi connectivity index (χ1n) is 8.22. The molecule has 0 aliphatic rings. The van der Waals surface area contributed by atoms with Crippen molar-refractivity contribution < 1.29 is 14.3 Å². The molecule has 2 aromatic carbocycles. The van der Waals surface area contributed by atoms with Crippen molar-refractivity contribution in [2.75, 3.05) is 11.9 Å². The summed E-state index contributed by atoms with van der Waals surface area (Å²) in [6.45, 7) is 7.81. The molecular formula is C20H22N2O3S. The maximum atomic E-state index is 12.5. The Morgan fingerprint density at radius 1 is 1.15 bits per heavy atom. The third-order valence-electron chi connectivity index (χ3n) is 3.21. The van der Waals surface area contributed by atoms with Crippen LogP contribution in [-0.4, -0.2) is 23.7 Å². The lowest BCUT2D eigenvalue weighted by Crippen LogP contribution is -2.34. The lowest BCUT2D eigenvalue weighted by Gasteiger charge is -2.16. The van der Waals surface area contributed by atoms with Gasteiger partial charge in [-0.3, -0.25) is 10.1 Å². The van der Waals surface area contributed by atoms with Crippen LogP contribution in [0.2, 0.25) is 0 Å². The largest absolute Gasteiger partial charge is 0.490 e. The zero-order valence-corrected chi connectivity index (χ0v) is 15.6. The quantitative estimate of drug-likeness (QED) is 0.566. The summed E-state index contributed by atoms with van der Waals surface area (Å²) in [7, 11) is 0. The van der Waals surface area contributed by atoms with Crippen molar-refractivity contribution in [2.45, 2.75) is 20.0 Å². The molecule has 0 aliphatic heterocycles. The maximum Gasteiger partial charge on any atom is 0.261 e. The number of rotatable bonds is 7. The predicted octanol–water partition coefficient (Wildman–Crippen LogP) is 4.17. The first-order valence-corrected chi connectivity index (χ1v) is 8.63. The summed E-state index contributed by atoms with van der Waals surface area (Å²) < 4.78 is 11.2. The Bertz CT molecular complexity index is 790. The number of para-hydroxylation sites is 3. The third kappa shape index (κ3) is 5.60. The highest BCUT2D eigenvalue weighted by Gasteiger charge is 2.15. The third-order valence-corrected chi connectivity index (χ3v) is 3.42. The number of nitrogens with one attached hydrogen (secondary N) is 2. The fourth-order valence-electron chi connectivity index (χ4n) is 2.18. The van der Waals surface area contributed by atoms with Crippen molar-refractivity contribution in [1.29, 1.82) is 0 Å². The summed E-state index contributed by atoms with van der Waals surface area (Å²) in [4.78, 5) is 12.5. The van der Waals surface area contributed by atoms with E-state index in [9.17, 15) is 4.79 Å². The highest BCUT2D eigenvalue weighted by Crippen LogP contribution is 2.24. The summed E-state index contributed by atoms with van der Waals surface area (Å²) in [5, 5.41) is 5.82. The van der Waals surface area contributed by atoms with Gasteiger partial charge in [-0.15, -0.1) is 0 Å². The zero-order chi connectivity index (χ0) is 18.9. The van der Waals surface area contributed by atoms with E-state index in [2.05, 4.69) is 17.2 Å². The van der Waals surface area contributed by atoms with Gasteiger partial charge in [0.1, 0.15) is 18.1 Å². The molecular weight excluding hydrogens is 348 g/mol. The SMILES string of the molecule is C=CCOc1ccccc1NC(=S)NC(=O)c1ccccc1OC(C)C. The molecule has 2 rings (SSSR count). The van der Waals surface area contributed by atoms with Gasteiger partial charge in [-0.25, -0.2) is 0 Å². The highest BCUT2D eigenvalue weighted by atomic mass is 32.1. The number of anilines is 1. The van der Waals surface area contributed by atoms with Crippen LogP contribution in [0.1, 0.15) is 24.2 Å². The van der Waals surface area contributed by atoms with Crippen LogP contribution in [0, 0.1) is 0 Å². The van der Waals surface area contributed by atoms with Gasteiger partial charge >= 0.3 is 0 Å². The van der Waals surface area contributed by atoms with Crippen LogP contribution in [-0.2, 0) is 0 Å². The van der Waals surface area contributed by atoms with Crippen LogP contribution in [0.25, 0.3) is 0 Å². The molecule has 1 amide bonds. The van der Waals surface area contributed by atoms with E-state index in [1.54, 1.807) is 24.3 Å². The molecule has 26 heavy (non-hydrogen) atoms. The molecule has 0 aromatic heterocycles. The molecule has 0 heterocycles. The molecule has 0 fully saturated rings. The normalized spacial score (nSPS) is 10.1. The lowest BCUT2D eigenvalue weighted by molar-refractivity contribution is 0.0972. The molecule has 0 bridgehead atoms. The van der Waals surface area contributed by atoms with Crippen molar-refractivity contribution in [3.8, 4) is 11.5 Å². The number of amides is 1. The number of thiocarbonyl (C=S) groups is 1. The molecule has 136 valence electrons. The van der Waals surface area contributed by atoms with Crippen molar-refractivity contribution in [2.24, 2.45) is 0 Å². The Kier molecular flexibility index (Phi) is 7.17. The molecule has 5 nitrogen and oxygen atoms in total. The van der Waals surface area contributed by atoms with Crippen LogP contribution in [0.15, 0.2) is 61.2 Å². The lowest BCUT2D eigenvalue weighted by atomic mass is 10.2. The minimum absolute atomic E-state index is 0.0390. The van der Waals surface area contributed by atoms with E-state index in [1.165, 1.54) is 0 Å². The fourth-order valence-corrected chi connectivity index (χ4v) is 2.38. The van der Waals surface area contributed by atoms with Crippen molar-refractivity contribution in [3.63, 3.8) is 0 Å². The highest BCUT2D eigenvalue weighted by molar-refractivity contribution is 7.80. The number of benzene rings is 2. The molecule has 6 heteroatoms. The van der Waals surface area contributed by atoms with Gasteiger partial charge in [-0.2, -0.15) is 0 Å². The Hall–Kier alpha value is -2.86. The standard InChI is InChI=1S/C20H22N2O3S/c1-4-13-24-18-12-8-6-10-16(18)21-20(26)22-19(23)15-9-5-7-11-17(15)25-14(2)3/h4-12,14H,1,13H2,2-3H3,(H2,21,22,23,26). The van der Waals surface area contributed by atoms with Gasteiger partial charge in [0, 0.05) is 0 Å². The Morgan fingerprint density at radius 2 is 1.81 bits per heavy atom. The van der Waals surface area contributed by atoms with Gasteiger partial charge in [-0.05, 0) is 50.3 Å². The zero-order valence-electron chi connectivity index (χ0n) is 14.8. The van der Waals surface area contributed by atoms with E-state index >= 15 is 0 Å². The predicted molar refractivity (Wildman–Crippen MR) is 108 cm³/mol. The fraction of sp³-hybridized carbons (Fsp3) is 0.200. The van der Waals surface area contributed by atoms with E-state index in [1.807, 2.05) is 44.2 Å². The molecule has 0 spiro atoms. The average Bonchev–Trinajstić information content (AvgIpc) is 2.60. The Morgan fingerprint density at radius 3 is 2.50 bits per heavy atom. The maximum absolute atomic E-state index is 12.5. The Balaban J connectivity index is 2.07.